The third kappa shape index (κ3) is 44.4. The van der Waals surface area contributed by atoms with Crippen LogP contribution in [0, 0.1) is 0 Å². The Bertz CT molecular complexity index is 758. The standard InChI is InChI=1S/C19H39NO3.C11H20O2.C10H23NO.C2H4O2/c1-4-7-9-10-11-12-18(21)13-14-19(22)23-17-16-20(6-3)15-8-5-2;1-2-3-4-5-6-7-10-8-9-11(12)13-10;1-3-5-7-11(9-10-12)8-6-4-2;1-2(3)4/h18,21H,4-17H2,1-3H3;10H,2-9H2,1H3;12H,3-10H2,1-2H3;1H3,(H,3,4). The number of esters is 2. The predicted octanol–water partition coefficient (Wildman–Crippen LogP) is 6.43. The molecule has 0 aromatic carbocycles. The van der Waals surface area contributed by atoms with E-state index < -0.39 is 5.97 Å². The van der Waals surface area contributed by atoms with E-state index in [4.69, 9.17) is 24.5 Å². The fourth-order valence-corrected chi connectivity index (χ4v) is 5.70. The summed E-state index contributed by atoms with van der Waals surface area (Å²) in [5.41, 5.74) is 0. The number of carboxylic acid groups (broad SMARTS) is 1. The van der Waals surface area contributed by atoms with E-state index in [1.165, 1.54) is 101 Å². The molecule has 0 bridgehead atoms. The number of hydrogen-bond acceptors (Lipinski definition) is 9. The van der Waals surface area contributed by atoms with Crippen LogP contribution in [0.2, 0.25) is 0 Å². The number of likely N-dealkylation sites (N-methyl/N-ethyl adjacent to an activating group) is 1. The first kappa shape index (κ1) is 54.6. The largest absolute Gasteiger partial charge is 0.550 e. The number of carbonyl (C=O) groups is 3. The summed E-state index contributed by atoms with van der Waals surface area (Å²) in [5.74, 6) is -1.25. The number of quaternary nitrogens is 1. The third-order valence-corrected chi connectivity index (χ3v) is 9.10. The summed E-state index contributed by atoms with van der Waals surface area (Å²) < 4.78 is 10.4. The zero-order valence-electron chi connectivity index (χ0n) is 35.2. The highest BCUT2D eigenvalue weighted by atomic mass is 16.5. The van der Waals surface area contributed by atoms with Crippen LogP contribution in [0.5, 0.6) is 0 Å². The van der Waals surface area contributed by atoms with Gasteiger partial charge in [-0.2, -0.15) is 0 Å². The average molecular weight is 747 g/mol. The average Bonchev–Trinajstić information content (AvgIpc) is 3.54. The molecule has 3 N–H and O–H groups in total. The SMILES string of the molecule is CC(=O)[O-].CCCCCCCC(O)CCC(=O)OCC[NH+](CC)CCCC.CCCCCCCC1CCC(=O)O1.CCCCN(CCO)CCCC. The third-order valence-electron chi connectivity index (χ3n) is 9.10. The van der Waals surface area contributed by atoms with Crippen LogP contribution in [-0.4, -0.2) is 97.7 Å². The van der Waals surface area contributed by atoms with E-state index in [1.54, 1.807) is 0 Å². The van der Waals surface area contributed by atoms with Gasteiger partial charge in [-0.05, 0) is 78.3 Å². The maximum Gasteiger partial charge on any atom is 0.306 e. The number of nitrogens with zero attached hydrogens (tertiary/aromatic N) is 1. The van der Waals surface area contributed by atoms with E-state index in [9.17, 15) is 14.7 Å². The second-order valence-electron chi connectivity index (χ2n) is 14.2. The number of aliphatic hydroxyl groups excluding tert-OH is 2. The molecule has 10 heteroatoms. The van der Waals surface area contributed by atoms with Crippen LogP contribution in [0.25, 0.3) is 0 Å². The number of hydrogen-bond donors (Lipinski definition) is 3. The second kappa shape index (κ2) is 43.7. The van der Waals surface area contributed by atoms with Gasteiger partial charge in [0.05, 0.1) is 25.8 Å². The van der Waals surface area contributed by atoms with Gasteiger partial charge in [0.15, 0.2) is 0 Å². The molecular weight excluding hydrogens is 660 g/mol. The number of carbonyl (C=O) groups excluding carboxylic acids is 3. The van der Waals surface area contributed by atoms with Crippen molar-refractivity contribution in [3.8, 4) is 0 Å². The minimum atomic E-state index is -1.08. The summed E-state index contributed by atoms with van der Waals surface area (Å²) in [4.78, 5) is 35.2. The van der Waals surface area contributed by atoms with Crippen LogP contribution >= 0.6 is 0 Å². The molecule has 3 unspecified atom stereocenters. The number of cyclic esters (lactones) is 1. The van der Waals surface area contributed by atoms with Crippen molar-refractivity contribution < 1.29 is 44.1 Å². The number of rotatable bonds is 30. The second-order valence-corrected chi connectivity index (χ2v) is 14.2. The van der Waals surface area contributed by atoms with Crippen LogP contribution in [-0.2, 0) is 23.9 Å². The van der Waals surface area contributed by atoms with Gasteiger partial charge in [-0.15, -0.1) is 0 Å². The van der Waals surface area contributed by atoms with Crippen LogP contribution in [0.15, 0.2) is 0 Å². The summed E-state index contributed by atoms with van der Waals surface area (Å²) in [5, 5.41) is 27.6. The lowest BCUT2D eigenvalue weighted by molar-refractivity contribution is -0.898. The fourth-order valence-electron chi connectivity index (χ4n) is 5.70. The monoisotopic (exact) mass is 747 g/mol. The molecule has 1 saturated heterocycles. The Labute approximate surface area is 320 Å². The zero-order valence-corrected chi connectivity index (χ0v) is 35.2. The van der Waals surface area contributed by atoms with Gasteiger partial charge in [-0.1, -0.05) is 112 Å². The van der Waals surface area contributed by atoms with Gasteiger partial charge in [0, 0.05) is 25.4 Å². The molecule has 0 radical (unpaired) electrons. The Morgan fingerprint density at radius 3 is 1.83 bits per heavy atom. The molecule has 3 atom stereocenters. The molecule has 0 spiro atoms. The molecule has 52 heavy (non-hydrogen) atoms. The Hall–Kier alpha value is -1.75. The highest BCUT2D eigenvalue weighted by molar-refractivity contribution is 5.71. The molecule has 1 rings (SSSR count). The van der Waals surface area contributed by atoms with Crippen molar-refractivity contribution in [1.82, 2.24) is 4.90 Å². The molecule has 1 aliphatic heterocycles. The number of aliphatic hydroxyl groups is 2. The topological polar surface area (TPSA) is 141 Å². The lowest BCUT2D eigenvalue weighted by atomic mass is 10.1. The van der Waals surface area contributed by atoms with Crippen molar-refractivity contribution in [3.63, 3.8) is 0 Å². The molecule has 0 aromatic rings. The maximum absolute atomic E-state index is 11.7. The number of aliphatic carboxylic acids is 1. The van der Waals surface area contributed by atoms with Gasteiger partial charge in [0.2, 0.25) is 0 Å². The molecular formula is C42H86N2O8. The van der Waals surface area contributed by atoms with Crippen molar-refractivity contribution in [1.29, 1.82) is 0 Å². The van der Waals surface area contributed by atoms with Crippen LogP contribution in [0.3, 0.4) is 0 Å². The quantitative estimate of drug-likeness (QED) is 0.0561. The first-order valence-corrected chi connectivity index (χ1v) is 21.4. The summed E-state index contributed by atoms with van der Waals surface area (Å²) in [7, 11) is 0. The summed E-state index contributed by atoms with van der Waals surface area (Å²) in [6.07, 6.45) is 24.1. The van der Waals surface area contributed by atoms with E-state index in [2.05, 4.69) is 46.4 Å². The molecule has 1 fully saturated rings. The molecule has 0 amide bonds. The van der Waals surface area contributed by atoms with Crippen molar-refractivity contribution >= 4 is 17.9 Å². The predicted molar refractivity (Wildman–Crippen MR) is 212 cm³/mol. The fraction of sp³-hybridized carbons (Fsp3) is 0.929. The molecule has 1 heterocycles. The van der Waals surface area contributed by atoms with E-state index >= 15 is 0 Å². The lowest BCUT2D eigenvalue weighted by Crippen LogP contribution is -3.12. The highest BCUT2D eigenvalue weighted by Gasteiger charge is 2.22. The Balaban J connectivity index is -0.000000700. The van der Waals surface area contributed by atoms with E-state index in [1.807, 2.05) is 0 Å². The molecule has 312 valence electrons. The summed E-state index contributed by atoms with van der Waals surface area (Å²) in [6, 6.07) is 0. The number of ether oxygens (including phenoxy) is 2. The van der Waals surface area contributed by atoms with Gasteiger partial charge < -0.3 is 39.4 Å². The van der Waals surface area contributed by atoms with Crippen molar-refractivity contribution in [2.45, 2.75) is 202 Å². The normalized spacial score (nSPS) is 14.6. The van der Waals surface area contributed by atoms with E-state index in [0.717, 1.165) is 71.9 Å². The summed E-state index contributed by atoms with van der Waals surface area (Å²) >= 11 is 0. The van der Waals surface area contributed by atoms with E-state index in [-0.39, 0.29) is 24.1 Å². The molecule has 10 nitrogen and oxygen atoms in total. The lowest BCUT2D eigenvalue weighted by Gasteiger charge is -2.20. The van der Waals surface area contributed by atoms with Gasteiger partial charge in [-0.3, -0.25) is 9.59 Å². The first-order valence-electron chi connectivity index (χ1n) is 21.4. The summed E-state index contributed by atoms with van der Waals surface area (Å²) in [6.45, 7) is 21.2. The van der Waals surface area contributed by atoms with Gasteiger partial charge >= 0.3 is 11.9 Å². The van der Waals surface area contributed by atoms with Crippen molar-refractivity contribution in [2.24, 2.45) is 0 Å². The van der Waals surface area contributed by atoms with Crippen molar-refractivity contribution in [3.05, 3.63) is 0 Å². The molecule has 0 saturated carbocycles. The first-order chi connectivity index (χ1) is 25.0. The molecule has 0 aromatic heterocycles. The number of nitrogens with one attached hydrogen (secondary N) is 1. The highest BCUT2D eigenvalue weighted by Crippen LogP contribution is 2.19. The van der Waals surface area contributed by atoms with Gasteiger partial charge in [0.25, 0.3) is 0 Å². The number of carboxylic acids is 1. The minimum absolute atomic E-state index is 0.00134. The van der Waals surface area contributed by atoms with Crippen molar-refractivity contribution in [2.75, 3.05) is 52.5 Å². The van der Waals surface area contributed by atoms with Crippen LogP contribution < -0.4 is 10.0 Å². The minimum Gasteiger partial charge on any atom is -0.550 e. The smallest absolute Gasteiger partial charge is 0.306 e. The molecule has 0 aliphatic carbocycles. The Kier molecular flexibility index (Phi) is 45.8. The Morgan fingerprint density at radius 2 is 1.35 bits per heavy atom. The van der Waals surface area contributed by atoms with Crippen LogP contribution in [0.1, 0.15) is 190 Å². The number of unbranched alkanes of at least 4 members (excludes halogenated alkanes) is 11. The van der Waals surface area contributed by atoms with Gasteiger partial charge in [-0.25, -0.2) is 0 Å². The maximum atomic E-state index is 11.7. The molecule has 1 aliphatic rings. The zero-order chi connectivity index (χ0) is 39.7. The van der Waals surface area contributed by atoms with Gasteiger partial charge in [0.1, 0.15) is 19.3 Å². The van der Waals surface area contributed by atoms with E-state index in [0.29, 0.717) is 32.5 Å². The Morgan fingerprint density at radius 1 is 0.808 bits per heavy atom. The van der Waals surface area contributed by atoms with Crippen LogP contribution in [0.4, 0.5) is 0 Å².